The molecule has 0 aliphatic rings. The predicted octanol–water partition coefficient (Wildman–Crippen LogP) is 3.75. The van der Waals surface area contributed by atoms with E-state index >= 15 is 0 Å². The number of amides is 2. The summed E-state index contributed by atoms with van der Waals surface area (Å²) in [5.74, 6) is -2.06. The van der Waals surface area contributed by atoms with E-state index in [9.17, 15) is 19.5 Å². The zero-order chi connectivity index (χ0) is 21.5. The highest BCUT2D eigenvalue weighted by atomic mass is 16.5. The molecule has 3 N–H and O–H groups in total. The highest BCUT2D eigenvalue weighted by Gasteiger charge is 2.16. The zero-order valence-corrected chi connectivity index (χ0v) is 16.2. The van der Waals surface area contributed by atoms with Gasteiger partial charge in [0.05, 0.1) is 11.3 Å². The number of phenols is 1. The lowest BCUT2D eigenvalue weighted by Crippen LogP contribution is -2.23. The van der Waals surface area contributed by atoms with E-state index in [0.717, 1.165) is 5.56 Å². The number of para-hydroxylation sites is 2. The number of esters is 1. The van der Waals surface area contributed by atoms with Crippen LogP contribution < -0.4 is 10.6 Å². The molecule has 0 spiro atoms. The molecule has 7 heteroatoms. The molecular weight excluding hydrogens is 384 g/mol. The number of nitrogens with one attached hydrogen (secondary N) is 2. The fraction of sp³-hybridized carbons (Fsp3) is 0.0870. The first-order chi connectivity index (χ1) is 14.4. The Kier molecular flexibility index (Phi) is 6.44. The SMILES string of the molecule is Cc1cccc(NC(=O)c2ccccc2NC(=O)COC(=O)c2ccccc2O)c1. The summed E-state index contributed by atoms with van der Waals surface area (Å²) in [7, 11) is 0. The van der Waals surface area contributed by atoms with E-state index < -0.39 is 18.5 Å². The number of phenolic OH excluding ortho intramolecular Hbond substituents is 1. The molecule has 3 rings (SSSR count). The Balaban J connectivity index is 1.64. The summed E-state index contributed by atoms with van der Waals surface area (Å²) in [6.45, 7) is 1.35. The molecule has 0 aliphatic carbocycles. The van der Waals surface area contributed by atoms with Crippen molar-refractivity contribution < 1.29 is 24.2 Å². The Labute approximate surface area is 173 Å². The van der Waals surface area contributed by atoms with Crippen LogP contribution in [0.2, 0.25) is 0 Å². The first-order valence-electron chi connectivity index (χ1n) is 9.16. The number of carbonyl (C=O) groups excluding carboxylic acids is 3. The van der Waals surface area contributed by atoms with Crippen molar-refractivity contribution in [3.63, 3.8) is 0 Å². The Hall–Kier alpha value is -4.13. The highest BCUT2D eigenvalue weighted by molar-refractivity contribution is 6.10. The number of ether oxygens (including phenoxy) is 1. The summed E-state index contributed by atoms with van der Waals surface area (Å²) < 4.78 is 4.94. The van der Waals surface area contributed by atoms with Gasteiger partial charge in [-0.2, -0.15) is 0 Å². The Morgan fingerprint density at radius 3 is 2.30 bits per heavy atom. The van der Waals surface area contributed by atoms with Crippen LogP contribution in [0.15, 0.2) is 72.8 Å². The molecule has 3 aromatic carbocycles. The van der Waals surface area contributed by atoms with E-state index in [1.165, 1.54) is 12.1 Å². The van der Waals surface area contributed by atoms with Gasteiger partial charge in [0.2, 0.25) is 0 Å². The third-order valence-corrected chi connectivity index (χ3v) is 4.18. The first kappa shape index (κ1) is 20.6. The van der Waals surface area contributed by atoms with Crippen LogP contribution in [0.1, 0.15) is 26.3 Å². The van der Waals surface area contributed by atoms with Gasteiger partial charge in [0.15, 0.2) is 6.61 Å². The van der Waals surface area contributed by atoms with Crippen molar-refractivity contribution in [2.75, 3.05) is 17.2 Å². The maximum atomic E-state index is 12.6. The molecule has 0 aliphatic heterocycles. The maximum absolute atomic E-state index is 12.6. The van der Waals surface area contributed by atoms with Crippen LogP contribution in [0.3, 0.4) is 0 Å². The van der Waals surface area contributed by atoms with Crippen LogP contribution >= 0.6 is 0 Å². The maximum Gasteiger partial charge on any atom is 0.342 e. The van der Waals surface area contributed by atoms with Crippen LogP contribution in [0.4, 0.5) is 11.4 Å². The fourth-order valence-corrected chi connectivity index (χ4v) is 2.75. The molecule has 0 fully saturated rings. The summed E-state index contributed by atoms with van der Waals surface area (Å²) in [5, 5.41) is 15.0. The lowest BCUT2D eigenvalue weighted by Gasteiger charge is -2.12. The largest absolute Gasteiger partial charge is 0.507 e. The summed E-state index contributed by atoms with van der Waals surface area (Å²) >= 11 is 0. The lowest BCUT2D eigenvalue weighted by molar-refractivity contribution is -0.119. The normalized spacial score (nSPS) is 10.2. The van der Waals surface area contributed by atoms with E-state index in [-0.39, 0.29) is 28.5 Å². The molecule has 2 amide bonds. The molecule has 152 valence electrons. The number of hydrogen-bond donors (Lipinski definition) is 3. The molecule has 0 atom stereocenters. The second kappa shape index (κ2) is 9.38. The molecule has 3 aromatic rings. The van der Waals surface area contributed by atoms with Gasteiger partial charge in [-0.3, -0.25) is 9.59 Å². The molecule has 7 nitrogen and oxygen atoms in total. The number of anilines is 2. The standard InChI is InChI=1S/C23H20N2O5/c1-15-7-6-8-16(13-15)24-22(28)17-9-2-4-11-19(17)25-21(27)14-30-23(29)18-10-3-5-12-20(18)26/h2-13,26H,14H2,1H3,(H,24,28)(H,25,27). The molecule has 30 heavy (non-hydrogen) atoms. The second-order valence-electron chi connectivity index (χ2n) is 6.51. The van der Waals surface area contributed by atoms with Crippen molar-refractivity contribution in [3.8, 4) is 5.75 Å². The van der Waals surface area contributed by atoms with Gasteiger partial charge in [-0.05, 0) is 48.9 Å². The quantitative estimate of drug-likeness (QED) is 0.543. The van der Waals surface area contributed by atoms with Gasteiger partial charge in [-0.1, -0.05) is 36.4 Å². The van der Waals surface area contributed by atoms with Crippen molar-refractivity contribution in [2.24, 2.45) is 0 Å². The van der Waals surface area contributed by atoms with Gasteiger partial charge in [0.1, 0.15) is 11.3 Å². The summed E-state index contributed by atoms with van der Waals surface area (Å²) in [6.07, 6.45) is 0. The average molecular weight is 404 g/mol. The van der Waals surface area contributed by atoms with E-state index in [2.05, 4.69) is 10.6 Å². The fourth-order valence-electron chi connectivity index (χ4n) is 2.75. The van der Waals surface area contributed by atoms with Gasteiger partial charge in [-0.25, -0.2) is 4.79 Å². The number of aryl methyl sites for hydroxylation is 1. The molecule has 0 saturated carbocycles. The lowest BCUT2D eigenvalue weighted by atomic mass is 10.1. The third kappa shape index (κ3) is 5.23. The van der Waals surface area contributed by atoms with Crippen molar-refractivity contribution in [1.29, 1.82) is 0 Å². The number of hydrogen-bond acceptors (Lipinski definition) is 5. The Morgan fingerprint density at radius 1 is 0.867 bits per heavy atom. The molecule has 0 radical (unpaired) electrons. The summed E-state index contributed by atoms with van der Waals surface area (Å²) in [6, 6.07) is 19.7. The van der Waals surface area contributed by atoms with E-state index in [1.54, 1.807) is 42.5 Å². The zero-order valence-electron chi connectivity index (χ0n) is 16.2. The average Bonchev–Trinajstić information content (AvgIpc) is 2.73. The molecule has 0 saturated heterocycles. The molecule has 0 aromatic heterocycles. The van der Waals surface area contributed by atoms with Gasteiger partial charge >= 0.3 is 5.97 Å². The monoisotopic (exact) mass is 404 g/mol. The molecular formula is C23H20N2O5. The minimum Gasteiger partial charge on any atom is -0.507 e. The smallest absolute Gasteiger partial charge is 0.342 e. The van der Waals surface area contributed by atoms with Crippen LogP contribution in [0.5, 0.6) is 5.75 Å². The number of benzene rings is 3. The van der Waals surface area contributed by atoms with Gasteiger partial charge in [0.25, 0.3) is 11.8 Å². The van der Waals surface area contributed by atoms with E-state index in [1.807, 2.05) is 25.1 Å². The summed E-state index contributed by atoms with van der Waals surface area (Å²) in [4.78, 5) is 36.9. The van der Waals surface area contributed by atoms with Gasteiger partial charge in [0, 0.05) is 5.69 Å². The van der Waals surface area contributed by atoms with Crippen LogP contribution in [-0.4, -0.2) is 29.5 Å². The van der Waals surface area contributed by atoms with E-state index in [0.29, 0.717) is 5.69 Å². The highest BCUT2D eigenvalue weighted by Crippen LogP contribution is 2.19. The third-order valence-electron chi connectivity index (χ3n) is 4.18. The molecule has 0 bridgehead atoms. The Morgan fingerprint density at radius 2 is 1.57 bits per heavy atom. The second-order valence-corrected chi connectivity index (χ2v) is 6.51. The van der Waals surface area contributed by atoms with Crippen molar-refractivity contribution in [3.05, 3.63) is 89.5 Å². The van der Waals surface area contributed by atoms with E-state index in [4.69, 9.17) is 4.74 Å². The van der Waals surface area contributed by atoms with Crippen molar-refractivity contribution in [2.45, 2.75) is 6.92 Å². The van der Waals surface area contributed by atoms with Crippen molar-refractivity contribution in [1.82, 2.24) is 0 Å². The minimum absolute atomic E-state index is 0.0387. The van der Waals surface area contributed by atoms with Crippen LogP contribution in [0, 0.1) is 6.92 Å². The van der Waals surface area contributed by atoms with Gasteiger partial charge in [-0.15, -0.1) is 0 Å². The topological polar surface area (TPSA) is 105 Å². The molecule has 0 heterocycles. The first-order valence-corrected chi connectivity index (χ1v) is 9.16. The minimum atomic E-state index is -0.825. The number of rotatable bonds is 6. The summed E-state index contributed by atoms with van der Waals surface area (Å²) in [5.41, 5.74) is 2.15. The van der Waals surface area contributed by atoms with Crippen molar-refractivity contribution >= 4 is 29.2 Å². The van der Waals surface area contributed by atoms with Crippen LogP contribution in [-0.2, 0) is 9.53 Å². The van der Waals surface area contributed by atoms with Gasteiger partial charge < -0.3 is 20.5 Å². The number of aromatic hydroxyl groups is 1. The molecule has 0 unspecified atom stereocenters. The number of carbonyl (C=O) groups is 3. The predicted molar refractivity (Wildman–Crippen MR) is 113 cm³/mol. The Bertz CT molecular complexity index is 1090. The van der Waals surface area contributed by atoms with Crippen LogP contribution in [0.25, 0.3) is 0 Å².